The highest BCUT2D eigenvalue weighted by Gasteiger charge is 2.46. The number of anilines is 1. The summed E-state index contributed by atoms with van der Waals surface area (Å²) in [6, 6.07) is 50.9. The number of rotatable bonds is 3. The third kappa shape index (κ3) is 3.18. The summed E-state index contributed by atoms with van der Waals surface area (Å²) in [6.45, 7) is 4.66. The predicted octanol–water partition coefficient (Wildman–Crippen LogP) is 9.61. The number of hydrogen-bond donors (Lipinski definition) is 1. The van der Waals surface area contributed by atoms with Crippen LogP contribution in [-0.2, 0) is 10.8 Å². The van der Waals surface area contributed by atoms with Crippen molar-refractivity contribution in [2.24, 2.45) is 0 Å². The third-order valence-corrected chi connectivity index (χ3v) is 9.52. The van der Waals surface area contributed by atoms with Crippen LogP contribution in [0.3, 0.4) is 0 Å². The lowest BCUT2D eigenvalue weighted by atomic mass is 9.67. The molecule has 6 aromatic carbocycles. The number of benzene rings is 6. The van der Waals surface area contributed by atoms with E-state index in [1.165, 1.54) is 61.2 Å². The molecule has 0 atom stereocenters. The first-order valence-corrected chi connectivity index (χ1v) is 14.4. The van der Waals surface area contributed by atoms with Gasteiger partial charge in [-0.15, -0.1) is 0 Å². The van der Waals surface area contributed by atoms with Crippen molar-refractivity contribution in [3.05, 3.63) is 173 Å². The van der Waals surface area contributed by atoms with E-state index in [4.69, 9.17) is 5.73 Å². The molecule has 0 saturated carbocycles. The Bertz CT molecular complexity index is 1930. The van der Waals surface area contributed by atoms with E-state index in [1.807, 2.05) is 0 Å². The molecule has 8 rings (SSSR count). The second-order valence-corrected chi connectivity index (χ2v) is 11.9. The molecule has 0 saturated heterocycles. The maximum atomic E-state index is 7.03. The monoisotopic (exact) mass is 525 g/mol. The van der Waals surface area contributed by atoms with E-state index in [2.05, 4.69) is 153 Å². The average Bonchev–Trinajstić information content (AvgIpc) is 3.43. The van der Waals surface area contributed by atoms with Crippen LogP contribution in [0, 0.1) is 0 Å². The first kappa shape index (κ1) is 24.0. The van der Waals surface area contributed by atoms with Gasteiger partial charge >= 0.3 is 0 Å². The van der Waals surface area contributed by atoms with Gasteiger partial charge in [0.05, 0.1) is 5.41 Å². The van der Waals surface area contributed by atoms with Crippen molar-refractivity contribution in [3.63, 3.8) is 0 Å². The largest absolute Gasteiger partial charge is 0.398 e. The lowest BCUT2D eigenvalue weighted by Crippen LogP contribution is -2.28. The first-order chi connectivity index (χ1) is 20.0. The van der Waals surface area contributed by atoms with Gasteiger partial charge in [0.1, 0.15) is 0 Å². The van der Waals surface area contributed by atoms with E-state index in [0.29, 0.717) is 0 Å². The number of hydrogen-bond acceptors (Lipinski definition) is 1. The van der Waals surface area contributed by atoms with Crippen LogP contribution in [0.1, 0.15) is 47.2 Å². The minimum Gasteiger partial charge on any atom is -0.398 e. The zero-order valence-corrected chi connectivity index (χ0v) is 23.4. The highest BCUT2D eigenvalue weighted by atomic mass is 14.6. The topological polar surface area (TPSA) is 26.0 Å². The summed E-state index contributed by atoms with van der Waals surface area (Å²) in [5.41, 5.74) is 22.6. The molecule has 6 aromatic rings. The fourth-order valence-electron chi connectivity index (χ4n) is 7.63. The van der Waals surface area contributed by atoms with E-state index >= 15 is 0 Å². The molecule has 196 valence electrons. The van der Waals surface area contributed by atoms with E-state index in [1.54, 1.807) is 0 Å². The van der Waals surface area contributed by atoms with Gasteiger partial charge in [-0.1, -0.05) is 135 Å². The highest BCUT2D eigenvalue weighted by Crippen LogP contribution is 2.58. The van der Waals surface area contributed by atoms with Crippen molar-refractivity contribution in [3.8, 4) is 33.4 Å². The molecular weight excluding hydrogens is 494 g/mol. The molecule has 0 unspecified atom stereocenters. The Morgan fingerprint density at radius 2 is 0.951 bits per heavy atom. The van der Waals surface area contributed by atoms with Crippen molar-refractivity contribution in [2.75, 3.05) is 5.73 Å². The minimum atomic E-state index is -0.442. The standard InChI is InChI=1S/C40H31N/c1-39(2)34-19-11-9-17-29(34)31-22-21-26(23-36(31)39)32-24-33-30-18-10-12-20-35(30)40(37(33)25-38(32)41,27-13-5-3-6-14-27)28-15-7-4-8-16-28/h3-25H,41H2,1-2H3. The molecule has 0 spiro atoms. The molecule has 0 bridgehead atoms. The van der Waals surface area contributed by atoms with E-state index in [-0.39, 0.29) is 5.41 Å². The van der Waals surface area contributed by atoms with Gasteiger partial charge in [-0.05, 0) is 79.4 Å². The molecule has 2 aliphatic rings. The summed E-state index contributed by atoms with van der Waals surface area (Å²) >= 11 is 0. The Kier molecular flexibility index (Phi) is 5.00. The molecule has 0 heterocycles. The third-order valence-electron chi connectivity index (χ3n) is 9.52. The molecule has 2 aliphatic carbocycles. The Balaban J connectivity index is 1.39. The fourth-order valence-corrected chi connectivity index (χ4v) is 7.63. The summed E-state index contributed by atoms with van der Waals surface area (Å²) in [7, 11) is 0. The summed E-state index contributed by atoms with van der Waals surface area (Å²) in [6.07, 6.45) is 0. The lowest BCUT2D eigenvalue weighted by molar-refractivity contribution is 0.660. The van der Waals surface area contributed by atoms with Crippen molar-refractivity contribution in [1.82, 2.24) is 0 Å². The Morgan fingerprint density at radius 1 is 0.415 bits per heavy atom. The number of fused-ring (bicyclic) bond motifs is 6. The first-order valence-electron chi connectivity index (χ1n) is 14.4. The Morgan fingerprint density at radius 3 is 1.61 bits per heavy atom. The van der Waals surface area contributed by atoms with E-state index in [0.717, 1.165) is 11.3 Å². The van der Waals surface area contributed by atoms with Gasteiger partial charge in [0.2, 0.25) is 0 Å². The van der Waals surface area contributed by atoms with Crippen molar-refractivity contribution >= 4 is 5.69 Å². The van der Waals surface area contributed by atoms with Crippen molar-refractivity contribution < 1.29 is 0 Å². The van der Waals surface area contributed by atoms with Gasteiger partial charge in [-0.3, -0.25) is 0 Å². The molecule has 1 nitrogen and oxygen atoms in total. The smallest absolute Gasteiger partial charge is 0.0714 e. The van der Waals surface area contributed by atoms with Crippen molar-refractivity contribution in [1.29, 1.82) is 0 Å². The van der Waals surface area contributed by atoms with E-state index < -0.39 is 5.41 Å². The van der Waals surface area contributed by atoms with Gasteiger partial charge in [-0.2, -0.15) is 0 Å². The van der Waals surface area contributed by atoms with Gasteiger partial charge in [-0.25, -0.2) is 0 Å². The van der Waals surface area contributed by atoms with Gasteiger partial charge in [0.25, 0.3) is 0 Å². The maximum Gasteiger partial charge on any atom is 0.0714 e. The van der Waals surface area contributed by atoms with Gasteiger partial charge < -0.3 is 5.73 Å². The normalized spacial score (nSPS) is 15.1. The number of nitrogens with two attached hydrogens (primary N) is 1. The van der Waals surface area contributed by atoms with Crippen LogP contribution in [0.2, 0.25) is 0 Å². The van der Waals surface area contributed by atoms with Crippen LogP contribution in [0.15, 0.2) is 140 Å². The minimum absolute atomic E-state index is 0.0597. The SMILES string of the molecule is CC1(C)c2ccccc2-c2ccc(-c3cc4c(cc3N)C(c3ccccc3)(c3ccccc3)c3ccccc3-4)cc21. The molecular formula is C40H31N. The second-order valence-electron chi connectivity index (χ2n) is 11.9. The zero-order chi connectivity index (χ0) is 27.8. The molecule has 1 heteroatoms. The molecule has 0 aromatic heterocycles. The molecule has 41 heavy (non-hydrogen) atoms. The van der Waals surface area contributed by atoms with Crippen molar-refractivity contribution in [2.45, 2.75) is 24.7 Å². The lowest BCUT2D eigenvalue weighted by Gasteiger charge is -2.34. The summed E-state index contributed by atoms with van der Waals surface area (Å²) in [5.74, 6) is 0. The van der Waals surface area contributed by atoms with Gasteiger partial charge in [0, 0.05) is 16.7 Å². The van der Waals surface area contributed by atoms with Gasteiger partial charge in [0.15, 0.2) is 0 Å². The van der Waals surface area contributed by atoms with Crippen LogP contribution < -0.4 is 5.73 Å². The quantitative estimate of drug-likeness (QED) is 0.228. The summed E-state index contributed by atoms with van der Waals surface area (Å²) in [5, 5.41) is 0. The Hall–Kier alpha value is -4.88. The molecule has 0 amide bonds. The average molecular weight is 526 g/mol. The van der Waals surface area contributed by atoms with Crippen LogP contribution in [0.5, 0.6) is 0 Å². The predicted molar refractivity (Wildman–Crippen MR) is 171 cm³/mol. The summed E-state index contributed by atoms with van der Waals surface area (Å²) in [4.78, 5) is 0. The van der Waals surface area contributed by atoms with E-state index in [9.17, 15) is 0 Å². The fraction of sp³-hybridized carbons (Fsp3) is 0.100. The van der Waals surface area contributed by atoms with Crippen LogP contribution in [0.25, 0.3) is 33.4 Å². The molecule has 2 N–H and O–H groups in total. The maximum absolute atomic E-state index is 7.03. The summed E-state index contributed by atoms with van der Waals surface area (Å²) < 4.78 is 0. The zero-order valence-electron chi connectivity index (χ0n) is 23.4. The van der Waals surface area contributed by atoms with Crippen LogP contribution in [0.4, 0.5) is 5.69 Å². The molecule has 0 radical (unpaired) electrons. The van der Waals surface area contributed by atoms with Crippen LogP contribution in [-0.4, -0.2) is 0 Å². The molecule has 0 aliphatic heterocycles. The number of nitrogen functional groups attached to an aromatic ring is 1. The van der Waals surface area contributed by atoms with Crippen LogP contribution >= 0.6 is 0 Å². The molecule has 0 fully saturated rings. The Labute approximate surface area is 242 Å². The second kappa shape index (κ2) is 8.56. The highest BCUT2D eigenvalue weighted by molar-refractivity contribution is 5.93.